The fourth-order valence-corrected chi connectivity index (χ4v) is 4.14. The highest BCUT2D eigenvalue weighted by Gasteiger charge is 2.27. The molecule has 4 rings (SSSR count). The van der Waals surface area contributed by atoms with E-state index in [1.165, 1.54) is 11.3 Å². The van der Waals surface area contributed by atoms with Crippen LogP contribution >= 0.6 is 11.3 Å². The maximum absolute atomic E-state index is 12.5. The summed E-state index contributed by atoms with van der Waals surface area (Å²) in [6, 6.07) is 5.73. The second-order valence-electron chi connectivity index (χ2n) is 6.29. The lowest BCUT2D eigenvalue weighted by molar-refractivity contribution is 0.0716. The summed E-state index contributed by atoms with van der Waals surface area (Å²) in [5.41, 5.74) is 2.08. The quantitative estimate of drug-likeness (QED) is 0.767. The van der Waals surface area contributed by atoms with E-state index in [0.29, 0.717) is 11.2 Å². The first-order valence-corrected chi connectivity index (χ1v) is 9.44. The minimum Gasteiger partial charge on any atom is -0.355 e. The lowest BCUT2D eigenvalue weighted by atomic mass is 9.93. The van der Waals surface area contributed by atoms with Crippen LogP contribution in [-0.4, -0.2) is 51.4 Å². The van der Waals surface area contributed by atoms with E-state index in [4.69, 9.17) is 0 Å². The molecule has 1 fully saturated rings. The molecule has 8 heteroatoms. The number of nitrogens with zero attached hydrogens (tertiary/aromatic N) is 4. The van der Waals surface area contributed by atoms with Gasteiger partial charge in [-0.3, -0.25) is 9.59 Å². The number of piperidine rings is 1. The van der Waals surface area contributed by atoms with Crippen LogP contribution in [0.1, 0.15) is 44.5 Å². The molecule has 1 aliphatic heterocycles. The van der Waals surface area contributed by atoms with Crippen molar-refractivity contribution in [1.29, 1.82) is 0 Å². The number of carbonyl (C=O) groups is 2. The topological polar surface area (TPSA) is 79.6 Å². The molecule has 1 N–H and O–H groups in total. The molecule has 7 nitrogen and oxygen atoms in total. The van der Waals surface area contributed by atoms with Gasteiger partial charge in [-0.25, -0.2) is 9.50 Å². The minimum absolute atomic E-state index is 0.110. The number of amides is 2. The molecule has 0 unspecified atom stereocenters. The van der Waals surface area contributed by atoms with E-state index >= 15 is 0 Å². The molecule has 0 atom stereocenters. The van der Waals surface area contributed by atoms with Crippen LogP contribution in [0.2, 0.25) is 0 Å². The van der Waals surface area contributed by atoms with Gasteiger partial charge in [-0.15, -0.1) is 11.3 Å². The first-order valence-electron chi connectivity index (χ1n) is 8.56. The van der Waals surface area contributed by atoms with E-state index in [9.17, 15) is 9.59 Å². The summed E-state index contributed by atoms with van der Waals surface area (Å²) in [7, 11) is 1.59. The Morgan fingerprint density at radius 2 is 2.08 bits per heavy atom. The number of hydrogen-bond acceptors (Lipinski definition) is 5. The van der Waals surface area contributed by atoms with Crippen LogP contribution in [-0.2, 0) is 0 Å². The third-order valence-corrected chi connectivity index (χ3v) is 5.69. The van der Waals surface area contributed by atoms with Gasteiger partial charge in [0.25, 0.3) is 11.8 Å². The summed E-state index contributed by atoms with van der Waals surface area (Å²) >= 11 is 1.48. The van der Waals surface area contributed by atoms with Crippen LogP contribution < -0.4 is 5.32 Å². The van der Waals surface area contributed by atoms with Crippen LogP contribution in [0.15, 0.2) is 36.0 Å². The standard InChI is InChI=1S/C18H19N5O2S/c1-19-17(24)13-11-21-23-14(4-7-20-16(13)23)12-5-8-22(9-6-12)18(25)15-3-2-10-26-15/h2-4,7,10-12H,5-6,8-9H2,1H3,(H,19,24). The van der Waals surface area contributed by atoms with Crippen molar-refractivity contribution in [1.82, 2.24) is 24.8 Å². The van der Waals surface area contributed by atoms with Gasteiger partial charge in [0.2, 0.25) is 0 Å². The smallest absolute Gasteiger partial charge is 0.263 e. The molecule has 3 aromatic heterocycles. The SMILES string of the molecule is CNC(=O)c1cnn2c(C3CCN(C(=O)c4cccs4)CC3)ccnc12. The van der Waals surface area contributed by atoms with Gasteiger partial charge in [0, 0.05) is 37.9 Å². The Kier molecular flexibility index (Phi) is 4.42. The Bertz CT molecular complexity index is 942. The molecule has 4 heterocycles. The molecular weight excluding hydrogens is 350 g/mol. The number of aromatic nitrogens is 3. The summed E-state index contributed by atoms with van der Waals surface area (Å²) in [4.78, 5) is 31.5. The molecule has 3 aromatic rings. The number of likely N-dealkylation sites (tertiary alicyclic amines) is 1. The number of carbonyl (C=O) groups excluding carboxylic acids is 2. The van der Waals surface area contributed by atoms with Crippen molar-refractivity contribution in [2.45, 2.75) is 18.8 Å². The number of nitrogens with one attached hydrogen (secondary N) is 1. The zero-order valence-electron chi connectivity index (χ0n) is 14.4. The highest BCUT2D eigenvalue weighted by molar-refractivity contribution is 7.12. The van der Waals surface area contributed by atoms with Crippen LogP contribution in [0.5, 0.6) is 0 Å². The summed E-state index contributed by atoms with van der Waals surface area (Å²) < 4.78 is 1.76. The summed E-state index contributed by atoms with van der Waals surface area (Å²) in [6.45, 7) is 1.43. The molecule has 0 bridgehead atoms. The Balaban J connectivity index is 1.54. The van der Waals surface area contributed by atoms with Crippen molar-refractivity contribution >= 4 is 28.8 Å². The Labute approximate surface area is 154 Å². The number of rotatable bonds is 3. The minimum atomic E-state index is -0.194. The lowest BCUT2D eigenvalue weighted by Crippen LogP contribution is -2.37. The molecule has 0 aromatic carbocycles. The van der Waals surface area contributed by atoms with Crippen molar-refractivity contribution in [2.24, 2.45) is 0 Å². The van der Waals surface area contributed by atoms with Crippen molar-refractivity contribution in [2.75, 3.05) is 20.1 Å². The van der Waals surface area contributed by atoms with Gasteiger partial charge < -0.3 is 10.2 Å². The van der Waals surface area contributed by atoms with Gasteiger partial charge in [-0.2, -0.15) is 5.10 Å². The predicted molar refractivity (Wildman–Crippen MR) is 98.6 cm³/mol. The highest BCUT2D eigenvalue weighted by Crippen LogP contribution is 2.29. The van der Waals surface area contributed by atoms with E-state index in [0.717, 1.165) is 36.5 Å². The molecule has 26 heavy (non-hydrogen) atoms. The van der Waals surface area contributed by atoms with Crippen LogP contribution in [0.4, 0.5) is 0 Å². The average molecular weight is 369 g/mol. The van der Waals surface area contributed by atoms with Crippen molar-refractivity contribution in [3.63, 3.8) is 0 Å². The van der Waals surface area contributed by atoms with Gasteiger partial charge in [0.15, 0.2) is 5.65 Å². The molecule has 1 aliphatic rings. The van der Waals surface area contributed by atoms with E-state index in [2.05, 4.69) is 15.4 Å². The van der Waals surface area contributed by atoms with E-state index in [-0.39, 0.29) is 17.7 Å². The maximum Gasteiger partial charge on any atom is 0.263 e. The highest BCUT2D eigenvalue weighted by atomic mass is 32.1. The predicted octanol–water partition coefficient (Wildman–Crippen LogP) is 2.17. The second-order valence-corrected chi connectivity index (χ2v) is 7.23. The normalized spacial score (nSPS) is 15.3. The van der Waals surface area contributed by atoms with Crippen LogP contribution in [0, 0.1) is 0 Å². The summed E-state index contributed by atoms with van der Waals surface area (Å²) in [5, 5.41) is 8.91. The molecule has 0 saturated carbocycles. The van der Waals surface area contributed by atoms with E-state index in [1.54, 1.807) is 24.0 Å². The van der Waals surface area contributed by atoms with Crippen molar-refractivity contribution in [3.05, 3.63) is 52.1 Å². The Hall–Kier alpha value is -2.74. The monoisotopic (exact) mass is 369 g/mol. The second kappa shape index (κ2) is 6.87. The number of fused-ring (bicyclic) bond motifs is 1. The van der Waals surface area contributed by atoms with Gasteiger partial charge in [0.05, 0.1) is 11.1 Å². The molecule has 1 saturated heterocycles. The zero-order chi connectivity index (χ0) is 18.1. The fourth-order valence-electron chi connectivity index (χ4n) is 3.45. The molecule has 2 amide bonds. The van der Waals surface area contributed by atoms with Gasteiger partial charge >= 0.3 is 0 Å². The average Bonchev–Trinajstić information content (AvgIpc) is 3.36. The summed E-state index contributed by atoms with van der Waals surface area (Å²) in [6.07, 6.45) is 5.01. The molecule has 0 spiro atoms. The first-order chi connectivity index (χ1) is 12.7. The molecule has 134 valence electrons. The van der Waals surface area contributed by atoms with Crippen molar-refractivity contribution < 1.29 is 9.59 Å². The van der Waals surface area contributed by atoms with Gasteiger partial charge in [-0.05, 0) is 30.4 Å². The van der Waals surface area contributed by atoms with E-state index < -0.39 is 0 Å². The number of thiophene rings is 1. The molecule has 0 aliphatic carbocycles. The maximum atomic E-state index is 12.5. The van der Waals surface area contributed by atoms with Gasteiger partial charge in [-0.1, -0.05) is 6.07 Å². The van der Waals surface area contributed by atoms with Crippen LogP contribution in [0.25, 0.3) is 5.65 Å². The van der Waals surface area contributed by atoms with E-state index in [1.807, 2.05) is 28.5 Å². The Morgan fingerprint density at radius 3 is 2.77 bits per heavy atom. The number of hydrogen-bond donors (Lipinski definition) is 1. The third kappa shape index (κ3) is 2.86. The van der Waals surface area contributed by atoms with Gasteiger partial charge in [0.1, 0.15) is 5.56 Å². The largest absolute Gasteiger partial charge is 0.355 e. The molecular formula is C18H19N5O2S. The fraction of sp³-hybridized carbons (Fsp3) is 0.333. The summed E-state index contributed by atoms with van der Waals surface area (Å²) in [5.74, 6) is 0.200. The Morgan fingerprint density at radius 1 is 1.27 bits per heavy atom. The molecule has 0 radical (unpaired) electrons. The van der Waals surface area contributed by atoms with Crippen molar-refractivity contribution in [3.8, 4) is 0 Å². The first kappa shape index (κ1) is 16.7. The lowest BCUT2D eigenvalue weighted by Gasteiger charge is -2.32. The zero-order valence-corrected chi connectivity index (χ0v) is 15.2. The van der Waals surface area contributed by atoms with Crippen LogP contribution in [0.3, 0.4) is 0 Å². The third-order valence-electron chi connectivity index (χ3n) is 4.83.